The van der Waals surface area contributed by atoms with Crippen LogP contribution in [-0.4, -0.2) is 20.2 Å². The lowest BCUT2D eigenvalue weighted by molar-refractivity contribution is 0.790. The first-order valence-electron chi connectivity index (χ1n) is 3.03. The van der Waals surface area contributed by atoms with Crippen LogP contribution in [0.15, 0.2) is 16.2 Å². The molecule has 0 aliphatic heterocycles. The maximum Gasteiger partial charge on any atom is 0.366 e. The molecule has 2 rings (SSSR count). The Kier molecular flexibility index (Phi) is 1.70. The van der Waals surface area contributed by atoms with Gasteiger partial charge < -0.3 is 0 Å². The van der Waals surface area contributed by atoms with Gasteiger partial charge in [0.2, 0.25) is 0 Å². The quantitative estimate of drug-likeness (QED) is 0.740. The molecule has 12 heavy (non-hydrogen) atoms. The minimum atomic E-state index is -0.389. The van der Waals surface area contributed by atoms with Gasteiger partial charge in [-0.2, -0.15) is 0 Å². The first-order chi connectivity index (χ1) is 5.79. The third-order valence-corrected chi connectivity index (χ3v) is 2.57. The highest BCUT2D eigenvalue weighted by atomic mass is 35.5. The molecule has 0 fully saturated rings. The smallest absolute Gasteiger partial charge is 0.244 e. The largest absolute Gasteiger partial charge is 0.366 e. The summed E-state index contributed by atoms with van der Waals surface area (Å²) in [5.74, 6) is 0. The van der Waals surface area contributed by atoms with Crippen LogP contribution in [0.25, 0.3) is 5.00 Å². The van der Waals surface area contributed by atoms with Crippen LogP contribution in [0, 0.1) is 0 Å². The summed E-state index contributed by atoms with van der Waals surface area (Å²) in [5, 5.41) is 11.9. The van der Waals surface area contributed by atoms with E-state index >= 15 is 0 Å². The second kappa shape index (κ2) is 2.72. The lowest BCUT2D eigenvalue weighted by Gasteiger charge is -1.90. The van der Waals surface area contributed by atoms with Crippen LogP contribution >= 0.6 is 22.9 Å². The summed E-state index contributed by atoms with van der Waals surface area (Å²) in [6.45, 7) is 0. The second-order valence-electron chi connectivity index (χ2n) is 1.99. The molecule has 0 spiro atoms. The molecule has 0 aliphatic rings. The van der Waals surface area contributed by atoms with Crippen LogP contribution in [0.4, 0.5) is 0 Å². The number of hydrogen-bond acceptors (Lipinski definition) is 4. The fourth-order valence-electron chi connectivity index (χ4n) is 0.768. The lowest BCUT2D eigenvalue weighted by atomic mass is 10.6. The summed E-state index contributed by atoms with van der Waals surface area (Å²) >= 11 is 7.10. The average molecular weight is 203 g/mol. The number of aromatic amines is 1. The normalized spacial score (nSPS) is 10.4. The lowest BCUT2D eigenvalue weighted by Crippen LogP contribution is -2.14. The molecule has 0 amide bonds. The molecule has 0 radical (unpaired) electrons. The van der Waals surface area contributed by atoms with Crippen molar-refractivity contribution in [1.82, 2.24) is 20.2 Å². The highest BCUT2D eigenvalue weighted by Gasteiger charge is 2.07. The van der Waals surface area contributed by atoms with Crippen molar-refractivity contribution in [2.24, 2.45) is 0 Å². The van der Waals surface area contributed by atoms with Gasteiger partial charge in [0.25, 0.3) is 0 Å². The van der Waals surface area contributed by atoms with E-state index in [-0.39, 0.29) is 5.69 Å². The van der Waals surface area contributed by atoms with Gasteiger partial charge in [-0.1, -0.05) is 11.6 Å². The summed E-state index contributed by atoms with van der Waals surface area (Å²) < 4.78 is 1.12. The van der Waals surface area contributed by atoms with Crippen LogP contribution in [-0.2, 0) is 0 Å². The Hall–Kier alpha value is -1.14. The molecule has 2 aromatic rings. The van der Waals surface area contributed by atoms with Crippen LogP contribution in [0.3, 0.4) is 0 Å². The fraction of sp³-hybridized carbons (Fsp3) is 0. The number of aromatic nitrogens is 4. The number of nitrogens with zero attached hydrogens (tertiary/aromatic N) is 3. The molecular weight excluding hydrogens is 200 g/mol. The molecule has 0 bridgehead atoms. The molecule has 0 unspecified atom stereocenters. The zero-order valence-electron chi connectivity index (χ0n) is 5.69. The number of nitrogens with one attached hydrogen (secondary N) is 1. The predicted octanol–water partition coefficient (Wildman–Crippen LogP) is 0.670. The van der Waals surface area contributed by atoms with Gasteiger partial charge in [0.1, 0.15) is 5.00 Å². The van der Waals surface area contributed by atoms with Crippen molar-refractivity contribution in [2.45, 2.75) is 0 Å². The van der Waals surface area contributed by atoms with Crippen LogP contribution in [0.5, 0.6) is 0 Å². The van der Waals surface area contributed by atoms with E-state index in [9.17, 15) is 4.79 Å². The molecule has 0 saturated carbocycles. The van der Waals surface area contributed by atoms with Crippen LogP contribution in [0.2, 0.25) is 5.02 Å². The van der Waals surface area contributed by atoms with E-state index in [1.807, 2.05) is 0 Å². The standard InChI is InChI=1S/C5H3ClN4OS/c6-3-1-2-12-4(3)10-5(11)7-8-9-10/h1-2H,(H,7,9,11). The molecule has 2 heterocycles. The monoisotopic (exact) mass is 202 g/mol. The van der Waals surface area contributed by atoms with Crippen molar-refractivity contribution in [3.63, 3.8) is 0 Å². The Labute approximate surface area is 75.6 Å². The van der Waals surface area contributed by atoms with Crippen LogP contribution < -0.4 is 5.69 Å². The van der Waals surface area contributed by atoms with Gasteiger partial charge in [-0.05, 0) is 21.9 Å². The van der Waals surface area contributed by atoms with Crippen molar-refractivity contribution in [1.29, 1.82) is 0 Å². The van der Waals surface area contributed by atoms with Gasteiger partial charge >= 0.3 is 5.69 Å². The fourth-order valence-corrected chi connectivity index (χ4v) is 1.85. The predicted molar refractivity (Wildman–Crippen MR) is 44.9 cm³/mol. The zero-order valence-corrected chi connectivity index (χ0v) is 7.26. The van der Waals surface area contributed by atoms with Gasteiger partial charge in [0, 0.05) is 0 Å². The minimum Gasteiger partial charge on any atom is -0.244 e. The van der Waals surface area contributed by atoms with Gasteiger partial charge in [-0.3, -0.25) is 0 Å². The number of hydrogen-bond donors (Lipinski definition) is 1. The number of halogens is 1. The highest BCUT2D eigenvalue weighted by Crippen LogP contribution is 2.23. The molecule has 1 N–H and O–H groups in total. The highest BCUT2D eigenvalue weighted by molar-refractivity contribution is 7.13. The van der Waals surface area contributed by atoms with Crippen molar-refractivity contribution < 1.29 is 0 Å². The maximum absolute atomic E-state index is 11.0. The maximum atomic E-state index is 11.0. The Bertz CT molecular complexity index is 444. The molecule has 0 aromatic carbocycles. The minimum absolute atomic E-state index is 0.389. The number of tetrazole rings is 1. The summed E-state index contributed by atoms with van der Waals surface area (Å²) in [4.78, 5) is 11.0. The summed E-state index contributed by atoms with van der Waals surface area (Å²) in [7, 11) is 0. The molecule has 7 heteroatoms. The zero-order chi connectivity index (χ0) is 8.55. The van der Waals surface area contributed by atoms with E-state index in [4.69, 9.17) is 11.6 Å². The number of thiophene rings is 1. The van der Waals surface area contributed by atoms with E-state index < -0.39 is 0 Å². The van der Waals surface area contributed by atoms with E-state index in [0.29, 0.717) is 10.0 Å². The Morgan fingerprint density at radius 3 is 3.00 bits per heavy atom. The Morgan fingerprint density at radius 2 is 2.50 bits per heavy atom. The molecule has 0 atom stereocenters. The molecular formula is C5H3ClN4OS. The first kappa shape index (κ1) is 7.51. The van der Waals surface area contributed by atoms with Crippen molar-refractivity contribution >= 4 is 22.9 Å². The molecule has 0 saturated heterocycles. The molecule has 5 nitrogen and oxygen atoms in total. The number of H-pyrrole nitrogens is 1. The third kappa shape index (κ3) is 1.05. The Balaban J connectivity index is 2.65. The van der Waals surface area contributed by atoms with Crippen molar-refractivity contribution in [2.75, 3.05) is 0 Å². The van der Waals surface area contributed by atoms with Gasteiger partial charge in [-0.15, -0.1) is 16.0 Å². The van der Waals surface area contributed by atoms with Gasteiger partial charge in [0.05, 0.1) is 5.02 Å². The second-order valence-corrected chi connectivity index (χ2v) is 3.29. The number of rotatable bonds is 1. The Morgan fingerprint density at radius 1 is 1.67 bits per heavy atom. The SMILES string of the molecule is O=c1[nH]nnn1-c1sccc1Cl. The topological polar surface area (TPSA) is 63.6 Å². The van der Waals surface area contributed by atoms with Crippen molar-refractivity contribution in [3.05, 3.63) is 27.0 Å². The summed E-state index contributed by atoms with van der Waals surface area (Å²) in [6.07, 6.45) is 0. The third-order valence-electron chi connectivity index (χ3n) is 1.26. The van der Waals surface area contributed by atoms with Crippen LogP contribution in [0.1, 0.15) is 0 Å². The molecule has 0 aliphatic carbocycles. The van der Waals surface area contributed by atoms with E-state index in [2.05, 4.69) is 15.5 Å². The van der Waals surface area contributed by atoms with Crippen molar-refractivity contribution in [3.8, 4) is 5.00 Å². The van der Waals surface area contributed by atoms with Gasteiger partial charge in [-0.25, -0.2) is 9.89 Å². The molecule has 62 valence electrons. The van der Waals surface area contributed by atoms with E-state index in [0.717, 1.165) is 4.68 Å². The van der Waals surface area contributed by atoms with Gasteiger partial charge in [0.15, 0.2) is 0 Å². The average Bonchev–Trinajstić information content (AvgIpc) is 2.59. The summed E-state index contributed by atoms with van der Waals surface area (Å²) in [5.41, 5.74) is -0.389. The first-order valence-corrected chi connectivity index (χ1v) is 4.28. The van der Waals surface area contributed by atoms with E-state index in [1.54, 1.807) is 11.4 Å². The molecule has 2 aromatic heterocycles. The summed E-state index contributed by atoms with van der Waals surface area (Å²) in [6, 6.07) is 1.70. The van der Waals surface area contributed by atoms with E-state index in [1.165, 1.54) is 11.3 Å².